The summed E-state index contributed by atoms with van der Waals surface area (Å²) in [7, 11) is 0. The molecule has 0 aliphatic rings. The summed E-state index contributed by atoms with van der Waals surface area (Å²) in [5, 5.41) is 0. The lowest BCUT2D eigenvalue weighted by Gasteiger charge is -2.17. The van der Waals surface area contributed by atoms with Crippen LogP contribution < -0.4 is 0 Å². The highest BCUT2D eigenvalue weighted by Crippen LogP contribution is 2.21. The topological polar surface area (TPSA) is 52.6 Å². The molecular weight excluding hydrogens is 256 g/mol. The van der Waals surface area contributed by atoms with Crippen molar-refractivity contribution in [2.75, 3.05) is 13.2 Å². The van der Waals surface area contributed by atoms with Crippen molar-refractivity contribution < 1.29 is 19.1 Å². The van der Waals surface area contributed by atoms with Crippen LogP contribution in [0.4, 0.5) is 0 Å². The summed E-state index contributed by atoms with van der Waals surface area (Å²) in [5.74, 6) is -0.939. The fourth-order valence-electron chi connectivity index (χ4n) is 1.99. The van der Waals surface area contributed by atoms with Crippen LogP contribution in [0, 0.1) is 11.8 Å². The van der Waals surface area contributed by atoms with E-state index in [1.807, 2.05) is 0 Å². The van der Waals surface area contributed by atoms with Crippen LogP contribution in [0.2, 0.25) is 0 Å². The van der Waals surface area contributed by atoms with E-state index in [2.05, 4.69) is 13.2 Å². The Morgan fingerprint density at radius 2 is 1.25 bits per heavy atom. The summed E-state index contributed by atoms with van der Waals surface area (Å²) in [6.07, 6.45) is 5.69. The zero-order chi connectivity index (χ0) is 15.4. The van der Waals surface area contributed by atoms with Gasteiger partial charge in [-0.2, -0.15) is 0 Å². The van der Waals surface area contributed by atoms with Crippen LogP contribution in [0.5, 0.6) is 0 Å². The molecule has 0 saturated heterocycles. The summed E-state index contributed by atoms with van der Waals surface area (Å²) >= 11 is 0. The van der Waals surface area contributed by atoms with Gasteiger partial charge in [-0.1, -0.05) is 12.2 Å². The zero-order valence-corrected chi connectivity index (χ0v) is 12.6. The van der Waals surface area contributed by atoms with Gasteiger partial charge in [-0.15, -0.1) is 13.2 Å². The Labute approximate surface area is 121 Å². The van der Waals surface area contributed by atoms with Crippen LogP contribution in [-0.2, 0) is 19.1 Å². The summed E-state index contributed by atoms with van der Waals surface area (Å²) in [5.41, 5.74) is 0. The fraction of sp³-hybridized carbons (Fsp3) is 0.625. The number of allylic oxidation sites excluding steroid dienone is 2. The second-order valence-electron chi connectivity index (χ2n) is 4.52. The Balaban J connectivity index is 4.52. The standard InChI is InChI=1S/C16H26O4/c1-5-9-13(15(17)19-7-3)11-12-14(10-6-2)16(18)20-8-4/h5-6,13-14H,1-2,7-12H2,3-4H3/t13-,14+. The van der Waals surface area contributed by atoms with Gasteiger partial charge in [-0.3, -0.25) is 9.59 Å². The molecule has 0 aliphatic carbocycles. The summed E-state index contributed by atoms with van der Waals surface area (Å²) in [6.45, 7) is 11.6. The van der Waals surface area contributed by atoms with Gasteiger partial charge in [0.1, 0.15) is 0 Å². The van der Waals surface area contributed by atoms with Gasteiger partial charge in [-0.25, -0.2) is 0 Å². The second-order valence-corrected chi connectivity index (χ2v) is 4.52. The predicted molar refractivity (Wildman–Crippen MR) is 79.1 cm³/mol. The minimum atomic E-state index is -0.241. The maximum atomic E-state index is 11.8. The fourth-order valence-corrected chi connectivity index (χ4v) is 1.99. The molecule has 0 amide bonds. The number of carbonyl (C=O) groups is 2. The first-order valence-electron chi connectivity index (χ1n) is 7.15. The summed E-state index contributed by atoms with van der Waals surface area (Å²) in [6, 6.07) is 0. The van der Waals surface area contributed by atoms with Crippen molar-refractivity contribution in [2.24, 2.45) is 11.8 Å². The first kappa shape index (κ1) is 18.4. The third-order valence-electron chi connectivity index (χ3n) is 3.01. The van der Waals surface area contributed by atoms with Crippen molar-refractivity contribution in [3.05, 3.63) is 25.3 Å². The maximum Gasteiger partial charge on any atom is 0.309 e. The normalized spacial score (nSPS) is 13.1. The van der Waals surface area contributed by atoms with Crippen LogP contribution in [0.25, 0.3) is 0 Å². The van der Waals surface area contributed by atoms with Gasteiger partial charge in [-0.05, 0) is 39.5 Å². The third kappa shape index (κ3) is 7.12. The molecule has 2 atom stereocenters. The lowest BCUT2D eigenvalue weighted by atomic mass is 9.91. The van der Waals surface area contributed by atoms with E-state index in [4.69, 9.17) is 9.47 Å². The lowest BCUT2D eigenvalue weighted by Crippen LogP contribution is -2.22. The lowest BCUT2D eigenvalue weighted by molar-refractivity contribution is -0.151. The van der Waals surface area contributed by atoms with Crippen molar-refractivity contribution in [3.63, 3.8) is 0 Å². The molecule has 0 spiro atoms. The molecule has 0 heterocycles. The first-order valence-corrected chi connectivity index (χ1v) is 7.15. The smallest absolute Gasteiger partial charge is 0.309 e. The number of hydrogen-bond donors (Lipinski definition) is 0. The molecule has 0 aromatic carbocycles. The number of carbonyl (C=O) groups excluding carboxylic acids is 2. The number of ether oxygens (including phenoxy) is 2. The minimum Gasteiger partial charge on any atom is -0.466 e. The number of esters is 2. The Morgan fingerprint density at radius 3 is 1.50 bits per heavy atom. The highest BCUT2D eigenvalue weighted by molar-refractivity contribution is 5.74. The maximum absolute atomic E-state index is 11.8. The molecule has 0 aromatic heterocycles. The van der Waals surface area contributed by atoms with Crippen molar-refractivity contribution in [2.45, 2.75) is 39.5 Å². The monoisotopic (exact) mass is 282 g/mol. The molecule has 0 radical (unpaired) electrons. The first-order chi connectivity index (χ1) is 9.60. The quantitative estimate of drug-likeness (QED) is 0.431. The average molecular weight is 282 g/mol. The van der Waals surface area contributed by atoms with Gasteiger partial charge in [0.05, 0.1) is 25.0 Å². The van der Waals surface area contributed by atoms with Gasteiger partial charge >= 0.3 is 11.9 Å². The van der Waals surface area contributed by atoms with E-state index >= 15 is 0 Å². The van der Waals surface area contributed by atoms with Crippen LogP contribution in [-0.4, -0.2) is 25.2 Å². The Bertz CT molecular complexity index is 290. The van der Waals surface area contributed by atoms with Gasteiger partial charge < -0.3 is 9.47 Å². The Kier molecular flexibility index (Phi) is 10.4. The van der Waals surface area contributed by atoms with E-state index in [1.54, 1.807) is 26.0 Å². The van der Waals surface area contributed by atoms with Crippen LogP contribution in [0.1, 0.15) is 39.5 Å². The van der Waals surface area contributed by atoms with E-state index in [1.165, 1.54) is 0 Å². The second kappa shape index (κ2) is 11.3. The third-order valence-corrected chi connectivity index (χ3v) is 3.01. The zero-order valence-electron chi connectivity index (χ0n) is 12.6. The minimum absolute atomic E-state index is 0.228. The molecule has 0 rings (SSSR count). The van der Waals surface area contributed by atoms with E-state index in [0.717, 1.165) is 0 Å². The van der Waals surface area contributed by atoms with E-state index in [-0.39, 0.29) is 23.8 Å². The highest BCUT2D eigenvalue weighted by atomic mass is 16.5. The molecule has 0 unspecified atom stereocenters. The van der Waals surface area contributed by atoms with E-state index < -0.39 is 0 Å². The molecule has 0 aliphatic heterocycles. The van der Waals surface area contributed by atoms with Crippen molar-refractivity contribution in [1.82, 2.24) is 0 Å². The molecule has 0 N–H and O–H groups in total. The molecule has 4 nitrogen and oxygen atoms in total. The summed E-state index contributed by atoms with van der Waals surface area (Å²) in [4.78, 5) is 23.6. The van der Waals surface area contributed by atoms with Gasteiger partial charge in [0, 0.05) is 0 Å². The van der Waals surface area contributed by atoms with Crippen molar-refractivity contribution in [3.8, 4) is 0 Å². The molecule has 114 valence electrons. The number of hydrogen-bond acceptors (Lipinski definition) is 4. The van der Waals surface area contributed by atoms with Crippen LogP contribution >= 0.6 is 0 Å². The molecule has 20 heavy (non-hydrogen) atoms. The van der Waals surface area contributed by atoms with Crippen molar-refractivity contribution >= 4 is 11.9 Å². The Morgan fingerprint density at radius 1 is 0.900 bits per heavy atom. The molecule has 4 heteroatoms. The molecule has 0 fully saturated rings. The SMILES string of the molecule is C=CC[C@H](CC[C@H](CC=C)C(=O)OCC)C(=O)OCC. The molecule has 0 aromatic rings. The van der Waals surface area contributed by atoms with E-state index in [9.17, 15) is 9.59 Å². The summed E-state index contributed by atoms with van der Waals surface area (Å²) < 4.78 is 10.1. The molecule has 0 bridgehead atoms. The number of rotatable bonds is 11. The van der Waals surface area contributed by atoms with Crippen LogP contribution in [0.15, 0.2) is 25.3 Å². The van der Waals surface area contributed by atoms with Gasteiger partial charge in [0.2, 0.25) is 0 Å². The van der Waals surface area contributed by atoms with E-state index in [0.29, 0.717) is 38.9 Å². The predicted octanol–water partition coefficient (Wildman–Crippen LogP) is 3.28. The largest absolute Gasteiger partial charge is 0.466 e. The molecular formula is C16H26O4. The highest BCUT2D eigenvalue weighted by Gasteiger charge is 2.23. The molecule has 0 saturated carbocycles. The average Bonchev–Trinajstić information content (AvgIpc) is 2.42. The van der Waals surface area contributed by atoms with Gasteiger partial charge in [0.25, 0.3) is 0 Å². The Hall–Kier alpha value is -1.58. The van der Waals surface area contributed by atoms with Crippen molar-refractivity contribution in [1.29, 1.82) is 0 Å². The van der Waals surface area contributed by atoms with Gasteiger partial charge in [0.15, 0.2) is 0 Å². The van der Waals surface area contributed by atoms with Crippen LogP contribution in [0.3, 0.4) is 0 Å².